The first-order valence-electron chi connectivity index (χ1n) is 6.86. The van der Waals surface area contributed by atoms with Crippen LogP contribution < -0.4 is 0 Å². The number of hydrogen-bond donors (Lipinski definition) is 1. The number of carboxylic acid groups (broad SMARTS) is 1. The number of imidazole rings is 1. The number of aryl methyl sites for hydroxylation is 1. The van der Waals surface area contributed by atoms with Crippen LogP contribution in [0, 0.1) is 6.92 Å². The van der Waals surface area contributed by atoms with E-state index in [0.29, 0.717) is 5.56 Å². The van der Waals surface area contributed by atoms with E-state index in [1.807, 2.05) is 6.92 Å². The van der Waals surface area contributed by atoms with Crippen LogP contribution in [0.25, 0.3) is 11.0 Å². The highest BCUT2D eigenvalue weighted by atomic mass is 16.5. The molecule has 2 aromatic rings. The number of aromatic nitrogens is 2. The molecular formula is C15H18N2O3. The van der Waals surface area contributed by atoms with Crippen LogP contribution in [0.3, 0.4) is 0 Å². The summed E-state index contributed by atoms with van der Waals surface area (Å²) in [5, 5.41) is 9.15. The monoisotopic (exact) mass is 274 g/mol. The molecule has 3 rings (SSSR count). The third-order valence-electron chi connectivity index (χ3n) is 4.16. The molecule has 5 heteroatoms. The molecule has 0 amide bonds. The Morgan fingerprint density at radius 2 is 2.25 bits per heavy atom. The number of carboxylic acids is 1. The molecule has 1 N–H and O–H groups in total. The van der Waals surface area contributed by atoms with Crippen molar-refractivity contribution in [3.05, 3.63) is 29.6 Å². The zero-order valence-corrected chi connectivity index (χ0v) is 11.7. The highest BCUT2D eigenvalue weighted by molar-refractivity contribution is 5.92. The molecule has 0 saturated heterocycles. The minimum atomic E-state index is -0.910. The van der Waals surface area contributed by atoms with Crippen molar-refractivity contribution in [3.8, 4) is 0 Å². The molecule has 0 aliphatic heterocycles. The number of benzene rings is 1. The summed E-state index contributed by atoms with van der Waals surface area (Å²) in [6.07, 6.45) is 3.39. The van der Waals surface area contributed by atoms with Gasteiger partial charge in [-0.05, 0) is 44.4 Å². The summed E-state index contributed by atoms with van der Waals surface area (Å²) in [5.74, 6) is 0.00325. The van der Waals surface area contributed by atoms with Gasteiger partial charge in [-0.2, -0.15) is 0 Å². The number of rotatable bonds is 3. The number of methoxy groups -OCH3 is 1. The zero-order chi connectivity index (χ0) is 14.3. The Hall–Kier alpha value is -1.88. The van der Waals surface area contributed by atoms with Gasteiger partial charge in [-0.25, -0.2) is 9.78 Å². The van der Waals surface area contributed by atoms with Crippen molar-refractivity contribution in [2.45, 2.75) is 38.3 Å². The fourth-order valence-electron chi connectivity index (χ4n) is 3.24. The molecule has 1 saturated carbocycles. The summed E-state index contributed by atoms with van der Waals surface area (Å²) >= 11 is 0. The second-order valence-electron chi connectivity index (χ2n) is 5.31. The molecular weight excluding hydrogens is 256 g/mol. The van der Waals surface area contributed by atoms with Gasteiger partial charge in [0.2, 0.25) is 0 Å². The van der Waals surface area contributed by atoms with E-state index in [4.69, 9.17) is 9.84 Å². The van der Waals surface area contributed by atoms with E-state index in [1.54, 1.807) is 25.3 Å². The van der Waals surface area contributed by atoms with Gasteiger partial charge in [0.05, 0.1) is 28.7 Å². The molecule has 2 atom stereocenters. The quantitative estimate of drug-likeness (QED) is 0.934. The molecule has 20 heavy (non-hydrogen) atoms. The Bertz CT molecular complexity index is 662. The van der Waals surface area contributed by atoms with Gasteiger partial charge in [0.25, 0.3) is 0 Å². The Morgan fingerprint density at radius 3 is 2.95 bits per heavy atom. The SMILES string of the molecule is COC1CCCC1n1c(C)nc2ccc(C(=O)O)cc21. The fraction of sp³-hybridized carbons (Fsp3) is 0.467. The molecule has 1 aliphatic rings. The van der Waals surface area contributed by atoms with Crippen LogP contribution in [-0.4, -0.2) is 33.8 Å². The van der Waals surface area contributed by atoms with E-state index in [2.05, 4.69) is 9.55 Å². The van der Waals surface area contributed by atoms with E-state index < -0.39 is 5.97 Å². The highest BCUT2D eigenvalue weighted by Gasteiger charge is 2.30. The summed E-state index contributed by atoms with van der Waals surface area (Å²) in [6, 6.07) is 5.33. The standard InChI is InChI=1S/C15H18N2O3/c1-9-16-11-7-6-10(15(18)19)8-13(11)17(9)12-4-3-5-14(12)20-2/h6-8,12,14H,3-5H2,1-2H3,(H,18,19). The van der Waals surface area contributed by atoms with Gasteiger partial charge in [-0.3, -0.25) is 0 Å². The van der Waals surface area contributed by atoms with Crippen molar-refractivity contribution < 1.29 is 14.6 Å². The summed E-state index contributed by atoms with van der Waals surface area (Å²) in [7, 11) is 1.74. The summed E-state index contributed by atoms with van der Waals surface area (Å²) < 4.78 is 7.71. The van der Waals surface area contributed by atoms with Crippen molar-refractivity contribution in [3.63, 3.8) is 0 Å². The van der Waals surface area contributed by atoms with Crippen LogP contribution in [0.1, 0.15) is 41.5 Å². The Balaban J connectivity index is 2.15. The van der Waals surface area contributed by atoms with E-state index in [9.17, 15) is 4.79 Å². The van der Waals surface area contributed by atoms with Gasteiger partial charge in [0.15, 0.2) is 0 Å². The van der Waals surface area contributed by atoms with E-state index in [1.165, 1.54) is 0 Å². The third-order valence-corrected chi connectivity index (χ3v) is 4.16. The van der Waals surface area contributed by atoms with Crippen LogP contribution in [0.5, 0.6) is 0 Å². The van der Waals surface area contributed by atoms with Gasteiger partial charge in [0, 0.05) is 7.11 Å². The Morgan fingerprint density at radius 1 is 1.45 bits per heavy atom. The summed E-state index contributed by atoms with van der Waals surface area (Å²) in [4.78, 5) is 15.7. The van der Waals surface area contributed by atoms with Crippen molar-refractivity contribution in [1.82, 2.24) is 9.55 Å². The largest absolute Gasteiger partial charge is 0.478 e. The summed E-state index contributed by atoms with van der Waals surface area (Å²) in [6.45, 7) is 1.96. The van der Waals surface area contributed by atoms with Gasteiger partial charge < -0.3 is 14.4 Å². The van der Waals surface area contributed by atoms with Crippen molar-refractivity contribution in [2.24, 2.45) is 0 Å². The van der Waals surface area contributed by atoms with Gasteiger partial charge in [0.1, 0.15) is 5.82 Å². The van der Waals surface area contributed by atoms with Crippen molar-refractivity contribution in [2.75, 3.05) is 7.11 Å². The lowest BCUT2D eigenvalue weighted by atomic mass is 10.1. The van der Waals surface area contributed by atoms with Gasteiger partial charge in [-0.1, -0.05) is 0 Å². The average molecular weight is 274 g/mol. The highest BCUT2D eigenvalue weighted by Crippen LogP contribution is 2.35. The van der Waals surface area contributed by atoms with Gasteiger partial charge in [-0.15, -0.1) is 0 Å². The smallest absolute Gasteiger partial charge is 0.335 e. The lowest BCUT2D eigenvalue weighted by Crippen LogP contribution is -2.21. The average Bonchev–Trinajstić information content (AvgIpc) is 2.99. The van der Waals surface area contributed by atoms with Crippen molar-refractivity contribution >= 4 is 17.0 Å². The molecule has 1 aromatic heterocycles. The van der Waals surface area contributed by atoms with Crippen molar-refractivity contribution in [1.29, 1.82) is 0 Å². The predicted octanol–water partition coefficient (Wildman–Crippen LogP) is 2.78. The number of aromatic carboxylic acids is 1. The first kappa shape index (κ1) is 13.1. The molecule has 1 fully saturated rings. The van der Waals surface area contributed by atoms with E-state index in [-0.39, 0.29) is 12.1 Å². The van der Waals surface area contributed by atoms with Crippen LogP contribution in [0.4, 0.5) is 0 Å². The maximum Gasteiger partial charge on any atom is 0.335 e. The Kier molecular flexibility index (Phi) is 3.22. The molecule has 0 spiro atoms. The predicted molar refractivity (Wildman–Crippen MR) is 75.1 cm³/mol. The molecule has 106 valence electrons. The molecule has 0 radical (unpaired) electrons. The van der Waals surface area contributed by atoms with E-state index in [0.717, 1.165) is 36.1 Å². The second kappa shape index (κ2) is 4.90. The lowest BCUT2D eigenvalue weighted by molar-refractivity contribution is 0.0697. The maximum atomic E-state index is 11.2. The normalized spacial score (nSPS) is 22.5. The number of ether oxygens (including phenoxy) is 1. The van der Waals surface area contributed by atoms with Gasteiger partial charge >= 0.3 is 5.97 Å². The summed E-state index contributed by atoms with van der Waals surface area (Å²) in [5.41, 5.74) is 2.02. The van der Waals surface area contributed by atoms with E-state index >= 15 is 0 Å². The first-order valence-corrected chi connectivity index (χ1v) is 6.86. The lowest BCUT2D eigenvalue weighted by Gasteiger charge is -2.22. The molecule has 1 aromatic carbocycles. The Labute approximate surface area is 117 Å². The first-order chi connectivity index (χ1) is 9.61. The number of nitrogens with zero attached hydrogens (tertiary/aromatic N) is 2. The third kappa shape index (κ3) is 1.98. The van der Waals surface area contributed by atoms with Crippen LogP contribution in [0.15, 0.2) is 18.2 Å². The number of fused-ring (bicyclic) bond motifs is 1. The molecule has 1 heterocycles. The zero-order valence-electron chi connectivity index (χ0n) is 11.7. The molecule has 5 nitrogen and oxygen atoms in total. The maximum absolute atomic E-state index is 11.2. The topological polar surface area (TPSA) is 64.4 Å². The molecule has 0 bridgehead atoms. The van der Waals surface area contributed by atoms with Crippen LogP contribution in [-0.2, 0) is 4.74 Å². The number of carbonyl (C=O) groups is 1. The minimum Gasteiger partial charge on any atom is -0.478 e. The van der Waals surface area contributed by atoms with Crippen LogP contribution >= 0.6 is 0 Å². The molecule has 1 aliphatic carbocycles. The fourth-order valence-corrected chi connectivity index (χ4v) is 3.24. The number of hydrogen-bond acceptors (Lipinski definition) is 3. The molecule has 2 unspecified atom stereocenters. The minimum absolute atomic E-state index is 0.180. The second-order valence-corrected chi connectivity index (χ2v) is 5.31. The van der Waals surface area contributed by atoms with Crippen LogP contribution in [0.2, 0.25) is 0 Å².